The number of H-pyrrole nitrogens is 1. The number of fused-ring (bicyclic) bond motifs is 1. The molecule has 0 saturated carbocycles. The first-order chi connectivity index (χ1) is 12.0. The van der Waals surface area contributed by atoms with Crippen LogP contribution in [0.1, 0.15) is 37.3 Å². The fourth-order valence-electron chi connectivity index (χ4n) is 2.51. The Morgan fingerprint density at radius 3 is 2.68 bits per heavy atom. The lowest BCUT2D eigenvalue weighted by atomic mass is 10.2. The molecule has 0 aliphatic rings. The molecule has 0 saturated heterocycles. The van der Waals surface area contributed by atoms with Crippen LogP contribution in [0, 0.1) is 0 Å². The first-order valence-electron chi connectivity index (χ1n) is 8.09. The largest absolute Gasteiger partial charge is 0.448 e. The van der Waals surface area contributed by atoms with Gasteiger partial charge in [0.05, 0.1) is 6.20 Å². The van der Waals surface area contributed by atoms with Gasteiger partial charge in [0.1, 0.15) is 11.5 Å². The molecule has 25 heavy (non-hydrogen) atoms. The summed E-state index contributed by atoms with van der Waals surface area (Å²) in [5.41, 5.74) is 1.15. The van der Waals surface area contributed by atoms with Gasteiger partial charge in [0.2, 0.25) is 0 Å². The van der Waals surface area contributed by atoms with Crippen LogP contribution in [-0.4, -0.2) is 32.7 Å². The van der Waals surface area contributed by atoms with Crippen molar-refractivity contribution in [1.29, 1.82) is 0 Å². The average molecular weight is 340 g/mol. The molecule has 7 heteroatoms. The Balaban J connectivity index is 1.66. The van der Waals surface area contributed by atoms with Crippen LogP contribution in [-0.2, 0) is 9.53 Å². The summed E-state index contributed by atoms with van der Waals surface area (Å²) in [5, 5.41) is 7.79. The van der Waals surface area contributed by atoms with Gasteiger partial charge in [0, 0.05) is 23.0 Å². The zero-order chi connectivity index (χ0) is 18.0. The van der Waals surface area contributed by atoms with E-state index in [0.29, 0.717) is 11.5 Å². The molecule has 3 aromatic rings. The minimum atomic E-state index is -0.936. The third kappa shape index (κ3) is 3.55. The number of carbonyl (C=O) groups is 2. The van der Waals surface area contributed by atoms with Crippen molar-refractivity contribution in [3.8, 4) is 0 Å². The summed E-state index contributed by atoms with van der Waals surface area (Å²) in [6, 6.07) is 11.0. The molecule has 2 N–H and O–H groups in total. The van der Waals surface area contributed by atoms with Crippen molar-refractivity contribution in [3.63, 3.8) is 0 Å². The Hall–Kier alpha value is -3.09. The molecule has 0 aliphatic heterocycles. The molecule has 0 unspecified atom stereocenters. The molecular weight excluding hydrogens is 320 g/mol. The number of carbonyl (C=O) groups excluding carboxylic acids is 2. The van der Waals surface area contributed by atoms with Gasteiger partial charge in [-0.15, -0.1) is 0 Å². The van der Waals surface area contributed by atoms with Gasteiger partial charge in [-0.2, -0.15) is 5.10 Å². The summed E-state index contributed by atoms with van der Waals surface area (Å²) in [4.78, 5) is 27.5. The lowest BCUT2D eigenvalue weighted by Gasteiger charge is -2.15. The third-order valence-electron chi connectivity index (χ3n) is 3.81. The van der Waals surface area contributed by atoms with Crippen LogP contribution in [0.15, 0.2) is 42.6 Å². The second-order valence-electron chi connectivity index (χ2n) is 6.06. The van der Waals surface area contributed by atoms with Crippen LogP contribution < -0.4 is 5.32 Å². The van der Waals surface area contributed by atoms with E-state index in [9.17, 15) is 9.59 Å². The van der Waals surface area contributed by atoms with Crippen LogP contribution >= 0.6 is 0 Å². The number of amides is 1. The second-order valence-corrected chi connectivity index (χ2v) is 6.06. The molecular formula is C18H20N4O3. The molecule has 2 aromatic heterocycles. The van der Waals surface area contributed by atoms with E-state index < -0.39 is 18.0 Å². The van der Waals surface area contributed by atoms with E-state index in [4.69, 9.17) is 4.74 Å². The fraction of sp³-hybridized carbons (Fsp3) is 0.278. The molecule has 1 aromatic carbocycles. The van der Waals surface area contributed by atoms with E-state index in [1.807, 2.05) is 38.1 Å². The standard InChI is InChI=1S/C18H20N4O3/c1-11(2)22-16(8-9-19-22)21-17(23)12(3)25-18(24)15-10-13-6-4-5-7-14(13)20-15/h4-12,20H,1-3H3,(H,21,23)/t12-/m1/s1. The van der Waals surface area contributed by atoms with Crippen LogP contribution in [0.2, 0.25) is 0 Å². The van der Waals surface area contributed by atoms with Crippen molar-refractivity contribution in [2.24, 2.45) is 0 Å². The van der Waals surface area contributed by atoms with Crippen molar-refractivity contribution < 1.29 is 14.3 Å². The number of para-hydroxylation sites is 1. The summed E-state index contributed by atoms with van der Waals surface area (Å²) < 4.78 is 6.95. The molecule has 3 rings (SSSR count). The highest BCUT2D eigenvalue weighted by molar-refractivity contribution is 5.98. The van der Waals surface area contributed by atoms with Crippen molar-refractivity contribution in [2.75, 3.05) is 5.32 Å². The number of hydrogen-bond donors (Lipinski definition) is 2. The van der Waals surface area contributed by atoms with E-state index in [-0.39, 0.29) is 6.04 Å². The van der Waals surface area contributed by atoms with Crippen LogP contribution in [0.4, 0.5) is 5.82 Å². The fourth-order valence-corrected chi connectivity index (χ4v) is 2.51. The normalized spacial score (nSPS) is 12.3. The molecule has 2 heterocycles. The Bertz CT molecular complexity index is 877. The van der Waals surface area contributed by atoms with Gasteiger partial charge in [-0.1, -0.05) is 18.2 Å². The van der Waals surface area contributed by atoms with Crippen molar-refractivity contribution in [3.05, 3.63) is 48.3 Å². The van der Waals surface area contributed by atoms with Crippen molar-refractivity contribution >= 4 is 28.6 Å². The summed E-state index contributed by atoms with van der Waals surface area (Å²) in [7, 11) is 0. The van der Waals surface area contributed by atoms with Crippen LogP contribution in [0.5, 0.6) is 0 Å². The lowest BCUT2D eigenvalue weighted by molar-refractivity contribution is -0.123. The predicted octanol–water partition coefficient (Wildman–Crippen LogP) is 3.13. The summed E-state index contributed by atoms with van der Waals surface area (Å²) in [5.74, 6) is -0.420. The smallest absolute Gasteiger partial charge is 0.355 e. The Morgan fingerprint density at radius 1 is 1.20 bits per heavy atom. The molecule has 7 nitrogen and oxygen atoms in total. The number of ether oxygens (including phenoxy) is 1. The zero-order valence-corrected chi connectivity index (χ0v) is 14.3. The minimum Gasteiger partial charge on any atom is -0.448 e. The molecule has 1 atom stereocenters. The lowest BCUT2D eigenvalue weighted by Crippen LogP contribution is -2.31. The number of anilines is 1. The third-order valence-corrected chi connectivity index (χ3v) is 3.81. The molecule has 1 amide bonds. The van der Waals surface area contributed by atoms with E-state index in [0.717, 1.165) is 10.9 Å². The molecule has 0 fully saturated rings. The summed E-state index contributed by atoms with van der Waals surface area (Å²) in [6.45, 7) is 5.45. The van der Waals surface area contributed by atoms with E-state index in [1.54, 1.807) is 23.0 Å². The van der Waals surface area contributed by atoms with E-state index in [1.165, 1.54) is 6.92 Å². The molecule has 130 valence electrons. The number of nitrogens with one attached hydrogen (secondary N) is 2. The van der Waals surface area contributed by atoms with E-state index in [2.05, 4.69) is 15.4 Å². The first-order valence-corrected chi connectivity index (χ1v) is 8.09. The number of rotatable bonds is 5. The van der Waals surface area contributed by atoms with Gasteiger partial charge >= 0.3 is 5.97 Å². The van der Waals surface area contributed by atoms with Crippen LogP contribution in [0.25, 0.3) is 10.9 Å². The van der Waals surface area contributed by atoms with Gasteiger partial charge in [-0.25, -0.2) is 9.48 Å². The number of benzene rings is 1. The number of nitrogens with zero attached hydrogens (tertiary/aromatic N) is 2. The predicted molar refractivity (Wildman–Crippen MR) is 94.4 cm³/mol. The monoisotopic (exact) mass is 340 g/mol. The zero-order valence-electron chi connectivity index (χ0n) is 14.3. The van der Waals surface area contributed by atoms with Gasteiger partial charge in [0.25, 0.3) is 5.91 Å². The molecule has 0 bridgehead atoms. The summed E-state index contributed by atoms with van der Waals surface area (Å²) >= 11 is 0. The Morgan fingerprint density at radius 2 is 1.96 bits per heavy atom. The number of esters is 1. The topological polar surface area (TPSA) is 89.0 Å². The molecule has 0 spiro atoms. The van der Waals surface area contributed by atoms with Gasteiger partial charge in [-0.05, 0) is 32.9 Å². The van der Waals surface area contributed by atoms with Gasteiger partial charge in [-0.3, -0.25) is 4.79 Å². The highest BCUT2D eigenvalue weighted by Gasteiger charge is 2.21. The molecule has 0 radical (unpaired) electrons. The minimum absolute atomic E-state index is 0.106. The first kappa shape index (κ1) is 16.8. The molecule has 0 aliphatic carbocycles. The summed E-state index contributed by atoms with van der Waals surface area (Å²) in [6.07, 6.45) is 0.672. The highest BCUT2D eigenvalue weighted by Crippen LogP contribution is 2.17. The van der Waals surface area contributed by atoms with Crippen molar-refractivity contribution in [1.82, 2.24) is 14.8 Å². The van der Waals surface area contributed by atoms with Gasteiger partial charge in [0.15, 0.2) is 6.10 Å². The Labute approximate surface area is 145 Å². The number of hydrogen-bond acceptors (Lipinski definition) is 4. The van der Waals surface area contributed by atoms with E-state index >= 15 is 0 Å². The number of aromatic nitrogens is 3. The highest BCUT2D eigenvalue weighted by atomic mass is 16.5. The Kier molecular flexibility index (Phi) is 4.56. The number of aromatic amines is 1. The SMILES string of the molecule is CC(C)n1nccc1NC(=O)[C@@H](C)OC(=O)c1cc2ccccc2[nH]1. The maximum absolute atomic E-state index is 12.3. The van der Waals surface area contributed by atoms with Crippen LogP contribution in [0.3, 0.4) is 0 Å². The van der Waals surface area contributed by atoms with Crippen molar-refractivity contribution in [2.45, 2.75) is 32.9 Å². The van der Waals surface area contributed by atoms with Gasteiger partial charge < -0.3 is 15.0 Å². The second kappa shape index (κ2) is 6.80. The quantitative estimate of drug-likeness (QED) is 0.698. The average Bonchev–Trinajstić information content (AvgIpc) is 3.20. The maximum atomic E-state index is 12.3. The maximum Gasteiger partial charge on any atom is 0.355 e.